The summed E-state index contributed by atoms with van der Waals surface area (Å²) in [5, 5.41) is 1.24. The van der Waals surface area contributed by atoms with Crippen LogP contribution >= 0.6 is 23.7 Å². The largest absolute Gasteiger partial charge is 0.494 e. The van der Waals surface area contributed by atoms with Gasteiger partial charge in [-0.15, -0.1) is 23.7 Å². The van der Waals surface area contributed by atoms with E-state index in [1.807, 2.05) is 23.0 Å². The first-order valence-electron chi connectivity index (χ1n) is 12.2. The molecule has 1 aliphatic carbocycles. The van der Waals surface area contributed by atoms with Gasteiger partial charge in [0.25, 0.3) is 5.91 Å². The Morgan fingerprint density at radius 3 is 2.72 bits per heavy atom. The van der Waals surface area contributed by atoms with Crippen molar-refractivity contribution in [1.29, 1.82) is 0 Å². The van der Waals surface area contributed by atoms with Crippen molar-refractivity contribution in [3.8, 4) is 17.3 Å². The molecule has 0 radical (unpaired) electrons. The highest BCUT2D eigenvalue weighted by Crippen LogP contribution is 2.40. The van der Waals surface area contributed by atoms with Crippen LogP contribution in [0.3, 0.4) is 0 Å². The second kappa shape index (κ2) is 9.36. The molecule has 4 heterocycles. The number of rotatable bonds is 5. The molecule has 1 amide bonds. The Kier molecular flexibility index (Phi) is 6.51. The molecule has 2 fully saturated rings. The highest BCUT2D eigenvalue weighted by molar-refractivity contribution is 7.18. The van der Waals surface area contributed by atoms with Crippen LogP contribution in [0.15, 0.2) is 24.3 Å². The second-order valence-corrected chi connectivity index (χ2v) is 11.3. The Hall–Kier alpha value is -2.62. The fourth-order valence-corrected chi connectivity index (χ4v) is 6.35. The van der Waals surface area contributed by atoms with Gasteiger partial charge < -0.3 is 24.5 Å². The summed E-state index contributed by atoms with van der Waals surface area (Å²) in [7, 11) is 3.58. The third kappa shape index (κ3) is 4.27. The molecule has 1 aromatic carbocycles. The number of carbonyl (C=O) groups excluding carboxylic acids is 1. The minimum Gasteiger partial charge on any atom is -0.494 e. The van der Waals surface area contributed by atoms with Crippen LogP contribution < -0.4 is 10.5 Å². The Balaban J connectivity index is 0.00000267. The summed E-state index contributed by atoms with van der Waals surface area (Å²) in [6.07, 6.45) is 1.72. The average molecular weight is 532 g/mol. The number of piperidine rings is 1. The summed E-state index contributed by atoms with van der Waals surface area (Å²) >= 11 is 1.82. The van der Waals surface area contributed by atoms with Crippen LogP contribution in [0.1, 0.15) is 34.5 Å². The number of benzene rings is 1. The van der Waals surface area contributed by atoms with E-state index >= 15 is 0 Å². The number of ether oxygens (including phenoxy) is 1. The van der Waals surface area contributed by atoms with Crippen LogP contribution in [0.2, 0.25) is 0 Å². The number of aromatic nitrogens is 3. The van der Waals surface area contributed by atoms with Gasteiger partial charge in [-0.3, -0.25) is 4.79 Å². The summed E-state index contributed by atoms with van der Waals surface area (Å²) < 4.78 is 24.3. The molecule has 0 bridgehead atoms. The molecule has 2 atom stereocenters. The summed E-state index contributed by atoms with van der Waals surface area (Å²) in [5.41, 5.74) is 9.00. The minimum absolute atomic E-state index is 0. The zero-order valence-electron chi connectivity index (χ0n) is 20.7. The Morgan fingerprint density at radius 2 is 2.03 bits per heavy atom. The van der Waals surface area contributed by atoms with Gasteiger partial charge in [0.1, 0.15) is 22.3 Å². The Morgan fingerprint density at radius 1 is 1.25 bits per heavy atom. The number of alkyl halides is 1. The van der Waals surface area contributed by atoms with Crippen LogP contribution in [-0.4, -0.2) is 57.3 Å². The van der Waals surface area contributed by atoms with E-state index in [9.17, 15) is 9.18 Å². The standard InChI is InChI=1S/C26H30FN5O2S.ClH/c1-14-6-17-8-21(32(26(17)35-14)11-15-4-5-15)24-29-20-7-16(9-22(34-3)23(20)30(24)2)25(33)31-12-18(27)10-19(28)13-31;/h6-9,15,18-19H,4-5,10-13,28H2,1-3H3;1H/t18-,19-;/m1./s1. The number of imidazole rings is 1. The van der Waals surface area contributed by atoms with E-state index in [1.165, 1.54) is 32.8 Å². The van der Waals surface area contributed by atoms with E-state index in [-0.39, 0.29) is 37.3 Å². The van der Waals surface area contributed by atoms with Crippen molar-refractivity contribution in [2.75, 3.05) is 20.2 Å². The molecular weight excluding hydrogens is 501 g/mol. The average Bonchev–Trinajstić information content (AvgIpc) is 3.37. The van der Waals surface area contributed by atoms with Gasteiger partial charge in [0.05, 0.1) is 24.9 Å². The van der Waals surface area contributed by atoms with Gasteiger partial charge in [-0.2, -0.15) is 0 Å². The van der Waals surface area contributed by atoms with Gasteiger partial charge in [-0.05, 0) is 56.4 Å². The van der Waals surface area contributed by atoms with Crippen molar-refractivity contribution in [2.45, 2.75) is 44.9 Å². The van der Waals surface area contributed by atoms with Gasteiger partial charge in [-0.25, -0.2) is 9.37 Å². The molecule has 36 heavy (non-hydrogen) atoms. The van der Waals surface area contributed by atoms with Crippen LogP contribution in [0, 0.1) is 12.8 Å². The lowest BCUT2D eigenvalue weighted by Crippen LogP contribution is -2.50. The van der Waals surface area contributed by atoms with Crippen molar-refractivity contribution >= 4 is 50.9 Å². The van der Waals surface area contributed by atoms with Crippen LogP contribution in [0.5, 0.6) is 5.75 Å². The molecule has 4 aromatic rings. The SMILES string of the molecule is COc1cc(C(=O)N2C[C@H](N)C[C@@H](F)C2)cc2nc(-c3cc4cc(C)sc4n3CC3CC3)n(C)c12.Cl. The maximum atomic E-state index is 14.1. The van der Waals surface area contributed by atoms with Gasteiger partial charge in [0.2, 0.25) is 0 Å². The molecule has 192 valence electrons. The van der Waals surface area contributed by atoms with Crippen molar-refractivity contribution in [3.05, 3.63) is 34.7 Å². The number of hydrogen-bond acceptors (Lipinski definition) is 5. The normalized spacial score (nSPS) is 20.2. The van der Waals surface area contributed by atoms with Crippen LogP contribution in [0.25, 0.3) is 32.8 Å². The molecule has 6 rings (SSSR count). The number of carbonyl (C=O) groups is 1. The van der Waals surface area contributed by atoms with Crippen molar-refractivity contribution in [1.82, 2.24) is 19.0 Å². The van der Waals surface area contributed by atoms with Gasteiger partial charge in [0, 0.05) is 42.0 Å². The number of nitrogens with zero attached hydrogens (tertiary/aromatic N) is 4. The highest BCUT2D eigenvalue weighted by atomic mass is 35.5. The summed E-state index contributed by atoms with van der Waals surface area (Å²) in [5.74, 6) is 1.88. The van der Waals surface area contributed by atoms with E-state index in [0.717, 1.165) is 29.5 Å². The smallest absolute Gasteiger partial charge is 0.254 e. The van der Waals surface area contributed by atoms with Crippen LogP contribution in [0.4, 0.5) is 4.39 Å². The quantitative estimate of drug-likeness (QED) is 0.396. The number of aryl methyl sites for hydroxylation is 2. The van der Waals surface area contributed by atoms with Crippen molar-refractivity contribution < 1.29 is 13.9 Å². The van der Waals surface area contributed by atoms with Gasteiger partial charge in [0.15, 0.2) is 5.82 Å². The zero-order valence-corrected chi connectivity index (χ0v) is 22.3. The maximum absolute atomic E-state index is 14.1. The molecule has 0 spiro atoms. The van der Waals surface area contributed by atoms with E-state index in [1.54, 1.807) is 19.2 Å². The molecule has 7 nitrogen and oxygen atoms in total. The number of thiophene rings is 1. The molecule has 10 heteroatoms. The number of amides is 1. The molecule has 1 aliphatic heterocycles. The predicted octanol–water partition coefficient (Wildman–Crippen LogP) is 4.92. The number of nitrogens with two attached hydrogens (primary N) is 1. The second-order valence-electron chi connectivity index (χ2n) is 10.0. The first kappa shape index (κ1) is 25.0. The molecule has 1 saturated carbocycles. The fourth-order valence-electron chi connectivity index (χ4n) is 5.34. The first-order chi connectivity index (χ1) is 16.8. The molecule has 2 N–H and O–H groups in total. The lowest BCUT2D eigenvalue weighted by molar-refractivity contribution is 0.0606. The monoisotopic (exact) mass is 531 g/mol. The molecule has 0 unspecified atom stereocenters. The highest BCUT2D eigenvalue weighted by Gasteiger charge is 2.30. The van der Waals surface area contributed by atoms with Crippen molar-refractivity contribution in [3.63, 3.8) is 0 Å². The number of hydrogen-bond donors (Lipinski definition) is 1. The maximum Gasteiger partial charge on any atom is 0.254 e. The van der Waals surface area contributed by atoms with Crippen molar-refractivity contribution in [2.24, 2.45) is 18.7 Å². The predicted molar refractivity (Wildman–Crippen MR) is 144 cm³/mol. The molecule has 3 aromatic heterocycles. The Bertz CT molecular complexity index is 1450. The number of fused-ring (bicyclic) bond motifs is 2. The number of methoxy groups -OCH3 is 1. The third-order valence-corrected chi connectivity index (χ3v) is 8.27. The molecule has 2 aliphatic rings. The van der Waals surface area contributed by atoms with Crippen LogP contribution in [-0.2, 0) is 13.6 Å². The number of likely N-dealkylation sites (tertiary alicyclic amines) is 1. The third-order valence-electron chi connectivity index (χ3n) is 7.18. The zero-order chi connectivity index (χ0) is 24.4. The Labute approximate surface area is 219 Å². The van der Waals surface area contributed by atoms with E-state index in [2.05, 4.69) is 23.6 Å². The van der Waals surface area contributed by atoms with Gasteiger partial charge >= 0.3 is 0 Å². The molecular formula is C26H31ClFN5O2S. The summed E-state index contributed by atoms with van der Waals surface area (Å²) in [4.78, 5) is 22.3. The molecule has 1 saturated heterocycles. The van der Waals surface area contributed by atoms with Gasteiger partial charge in [-0.1, -0.05) is 0 Å². The van der Waals surface area contributed by atoms with E-state index in [0.29, 0.717) is 23.4 Å². The fraction of sp³-hybridized carbons (Fsp3) is 0.462. The summed E-state index contributed by atoms with van der Waals surface area (Å²) in [6, 6.07) is 7.62. The van der Waals surface area contributed by atoms with E-state index < -0.39 is 6.17 Å². The van der Waals surface area contributed by atoms with E-state index in [4.69, 9.17) is 15.5 Å². The lowest BCUT2D eigenvalue weighted by Gasteiger charge is -2.33. The first-order valence-corrected chi connectivity index (χ1v) is 13.0. The summed E-state index contributed by atoms with van der Waals surface area (Å²) in [6.45, 7) is 3.54. The minimum atomic E-state index is -1.11. The topological polar surface area (TPSA) is 78.3 Å². The number of halogens is 2. The lowest BCUT2D eigenvalue weighted by atomic mass is 10.0.